The van der Waals surface area contributed by atoms with Crippen LogP contribution in [0.25, 0.3) is 0 Å². The smallest absolute Gasteiger partial charge is 0.362 e. The third kappa shape index (κ3) is 5.95. The fraction of sp³-hybridized carbons (Fsp3) is 0.391. The number of carbonyl (C=O) groups is 2. The topological polar surface area (TPSA) is 71.1 Å². The Bertz CT molecular complexity index is 799. The molecule has 6 nitrogen and oxygen atoms in total. The van der Waals surface area contributed by atoms with Crippen molar-refractivity contribution >= 4 is 11.9 Å². The molecule has 0 atom stereocenters. The average Bonchev–Trinajstić information content (AvgIpc) is 2.74. The molecule has 7 heteroatoms. The Kier molecular flexibility index (Phi) is 8.65. The van der Waals surface area contributed by atoms with Crippen LogP contribution in [0.2, 0.25) is 0 Å². The van der Waals surface area contributed by atoms with Gasteiger partial charge in [-0.3, -0.25) is 0 Å². The summed E-state index contributed by atoms with van der Waals surface area (Å²) < 4.78 is 34.8. The van der Waals surface area contributed by atoms with Crippen LogP contribution in [-0.4, -0.2) is 30.8 Å². The number of hydrogen-bond donors (Lipinski definition) is 0. The lowest BCUT2D eigenvalue weighted by Gasteiger charge is -2.30. The van der Waals surface area contributed by atoms with Crippen molar-refractivity contribution in [3.05, 3.63) is 54.3 Å². The number of rotatable bonds is 11. The van der Waals surface area contributed by atoms with Crippen molar-refractivity contribution in [1.29, 1.82) is 0 Å². The second-order valence-electron chi connectivity index (χ2n) is 6.50. The molecule has 0 saturated heterocycles. The number of halogens is 1. The minimum absolute atomic E-state index is 0.111. The Balaban J connectivity index is 2.25. The summed E-state index contributed by atoms with van der Waals surface area (Å²) in [5, 5.41) is 0. The summed E-state index contributed by atoms with van der Waals surface area (Å²) in [4.78, 5) is 25.4. The molecule has 2 rings (SSSR count). The Morgan fingerprint density at radius 3 is 1.73 bits per heavy atom. The number of hydrogen-bond acceptors (Lipinski definition) is 6. The summed E-state index contributed by atoms with van der Waals surface area (Å²) >= 11 is 0. The predicted octanol–water partition coefficient (Wildman–Crippen LogP) is 5.05. The highest BCUT2D eigenvalue weighted by Crippen LogP contribution is 2.30. The molecule has 0 amide bonds. The first kappa shape index (κ1) is 23.2. The first-order valence-corrected chi connectivity index (χ1v) is 10.0. The minimum atomic E-state index is -1.87. The molecule has 0 spiro atoms. The molecule has 0 aromatic heterocycles. The van der Waals surface area contributed by atoms with Gasteiger partial charge in [0.2, 0.25) is 0 Å². The van der Waals surface area contributed by atoms with Crippen LogP contribution >= 0.6 is 0 Å². The number of ether oxygens (including phenoxy) is 4. The van der Waals surface area contributed by atoms with Gasteiger partial charge >= 0.3 is 17.5 Å². The van der Waals surface area contributed by atoms with E-state index in [4.69, 9.17) is 18.9 Å². The molecule has 0 heterocycles. The molecule has 0 aliphatic rings. The Hall–Kier alpha value is -3.09. The molecule has 0 radical (unpaired) electrons. The van der Waals surface area contributed by atoms with Crippen LogP contribution in [-0.2, 0) is 19.1 Å². The van der Waals surface area contributed by atoms with E-state index >= 15 is 0 Å². The lowest BCUT2D eigenvalue weighted by atomic mass is 9.96. The Morgan fingerprint density at radius 1 is 0.800 bits per heavy atom. The van der Waals surface area contributed by atoms with Crippen molar-refractivity contribution in [2.75, 3.05) is 13.2 Å². The van der Waals surface area contributed by atoms with E-state index in [1.807, 2.05) is 6.92 Å². The van der Waals surface area contributed by atoms with Gasteiger partial charge in [-0.15, -0.1) is 0 Å². The molecule has 0 unspecified atom stereocenters. The lowest BCUT2D eigenvalue weighted by Crippen LogP contribution is -2.53. The molecule has 0 aliphatic heterocycles. The summed E-state index contributed by atoms with van der Waals surface area (Å²) in [6.45, 7) is 5.49. The normalized spacial score (nSPS) is 10.9. The van der Waals surface area contributed by atoms with Gasteiger partial charge in [0.05, 0.1) is 13.2 Å². The van der Waals surface area contributed by atoms with Gasteiger partial charge in [0, 0.05) is 6.42 Å². The monoisotopic (exact) mass is 418 g/mol. The molecule has 2 aromatic rings. The maximum atomic E-state index is 13.0. The summed E-state index contributed by atoms with van der Waals surface area (Å²) in [7, 11) is 0. The maximum Gasteiger partial charge on any atom is 0.362 e. The highest BCUT2D eigenvalue weighted by atomic mass is 19.1. The zero-order chi connectivity index (χ0) is 22.0. The van der Waals surface area contributed by atoms with E-state index < -0.39 is 17.5 Å². The van der Waals surface area contributed by atoms with Gasteiger partial charge < -0.3 is 18.9 Å². The highest BCUT2D eigenvalue weighted by Gasteiger charge is 2.51. The van der Waals surface area contributed by atoms with E-state index in [9.17, 15) is 14.0 Å². The van der Waals surface area contributed by atoms with Gasteiger partial charge in [-0.25, -0.2) is 14.0 Å². The van der Waals surface area contributed by atoms with E-state index in [1.54, 1.807) is 38.1 Å². The zero-order valence-electron chi connectivity index (χ0n) is 17.5. The van der Waals surface area contributed by atoms with E-state index in [-0.39, 0.29) is 25.5 Å². The average molecular weight is 418 g/mol. The molecule has 0 aliphatic carbocycles. The Labute approximate surface area is 175 Å². The maximum absolute atomic E-state index is 13.0. The first-order valence-electron chi connectivity index (χ1n) is 10.0. The van der Waals surface area contributed by atoms with Crippen molar-refractivity contribution in [1.82, 2.24) is 0 Å². The van der Waals surface area contributed by atoms with Gasteiger partial charge in [-0.2, -0.15) is 0 Å². The van der Waals surface area contributed by atoms with Crippen molar-refractivity contribution in [2.24, 2.45) is 0 Å². The highest BCUT2D eigenvalue weighted by molar-refractivity contribution is 6.04. The van der Waals surface area contributed by atoms with Crippen molar-refractivity contribution in [3.8, 4) is 17.2 Å². The van der Waals surface area contributed by atoms with Crippen LogP contribution in [0.1, 0.15) is 40.0 Å². The summed E-state index contributed by atoms with van der Waals surface area (Å²) in [5.41, 5.74) is -1.87. The van der Waals surface area contributed by atoms with Crippen LogP contribution < -0.4 is 9.47 Å². The Morgan fingerprint density at radius 2 is 1.27 bits per heavy atom. The van der Waals surface area contributed by atoms with E-state index in [2.05, 4.69) is 0 Å². The van der Waals surface area contributed by atoms with Crippen molar-refractivity contribution < 1.29 is 32.9 Å². The molecule has 0 fully saturated rings. The van der Waals surface area contributed by atoms with Crippen LogP contribution in [0.3, 0.4) is 0 Å². The summed E-state index contributed by atoms with van der Waals surface area (Å²) in [6.07, 6.45) is 1.47. The van der Waals surface area contributed by atoms with E-state index in [0.717, 1.165) is 6.42 Å². The number of unbranched alkanes of at least 4 members (excludes halogenated alkanes) is 1. The third-order valence-electron chi connectivity index (χ3n) is 4.26. The van der Waals surface area contributed by atoms with Crippen LogP contribution in [0.5, 0.6) is 17.2 Å². The molecule has 30 heavy (non-hydrogen) atoms. The molecular formula is C23H27FO6. The number of benzene rings is 2. The second kappa shape index (κ2) is 11.2. The minimum Gasteiger partial charge on any atom is -0.464 e. The summed E-state index contributed by atoms with van der Waals surface area (Å²) in [5.74, 6) is -0.654. The van der Waals surface area contributed by atoms with Crippen LogP contribution in [0, 0.1) is 5.82 Å². The molecular weight excluding hydrogens is 391 g/mol. The van der Waals surface area contributed by atoms with Gasteiger partial charge in [0.25, 0.3) is 0 Å². The fourth-order valence-corrected chi connectivity index (χ4v) is 2.76. The van der Waals surface area contributed by atoms with Crippen LogP contribution in [0.15, 0.2) is 48.5 Å². The second-order valence-corrected chi connectivity index (χ2v) is 6.50. The fourth-order valence-electron chi connectivity index (χ4n) is 2.76. The number of esters is 2. The van der Waals surface area contributed by atoms with E-state index in [1.165, 1.54) is 24.3 Å². The van der Waals surface area contributed by atoms with Crippen LogP contribution in [0.4, 0.5) is 4.39 Å². The SMILES string of the molecule is CCCCC(Oc1ccc(Oc2ccc(F)cc2)cc1)(C(=O)OCC)C(=O)OCC. The standard InChI is InChI=1S/C23H27FO6/c1-4-7-16-23(21(25)27-5-2,22(26)28-6-3)30-20-14-12-19(13-15-20)29-18-10-8-17(24)9-11-18/h8-15H,4-7,16H2,1-3H3. The third-order valence-corrected chi connectivity index (χ3v) is 4.26. The van der Waals surface area contributed by atoms with Gasteiger partial charge in [-0.05, 0) is 68.8 Å². The lowest BCUT2D eigenvalue weighted by molar-refractivity contribution is -0.180. The van der Waals surface area contributed by atoms with Crippen molar-refractivity contribution in [3.63, 3.8) is 0 Å². The first-order chi connectivity index (χ1) is 14.4. The predicted molar refractivity (Wildman–Crippen MR) is 109 cm³/mol. The molecule has 2 aromatic carbocycles. The molecule has 0 bridgehead atoms. The summed E-state index contributed by atoms with van der Waals surface area (Å²) in [6, 6.07) is 12.0. The van der Waals surface area contributed by atoms with Gasteiger partial charge in [0.15, 0.2) is 0 Å². The zero-order valence-corrected chi connectivity index (χ0v) is 17.5. The molecule has 0 N–H and O–H groups in total. The largest absolute Gasteiger partial charge is 0.464 e. The number of carbonyl (C=O) groups excluding carboxylic acids is 2. The molecule has 0 saturated carbocycles. The quantitative estimate of drug-likeness (QED) is 0.376. The van der Waals surface area contributed by atoms with Gasteiger partial charge in [-0.1, -0.05) is 13.3 Å². The van der Waals surface area contributed by atoms with E-state index in [0.29, 0.717) is 23.7 Å². The van der Waals surface area contributed by atoms with Gasteiger partial charge in [0.1, 0.15) is 23.1 Å². The molecule has 162 valence electrons. The van der Waals surface area contributed by atoms with Crippen molar-refractivity contribution in [2.45, 2.75) is 45.6 Å².